The molecule has 7 nitrogen and oxygen atoms in total. The van der Waals surface area contributed by atoms with Gasteiger partial charge in [0.1, 0.15) is 5.82 Å². The number of benzene rings is 2. The molecule has 1 atom stereocenters. The molecule has 0 aliphatic carbocycles. The molecule has 0 aromatic heterocycles. The number of hydrogen-bond acceptors (Lipinski definition) is 5. The van der Waals surface area contributed by atoms with Gasteiger partial charge in [0.2, 0.25) is 17.7 Å². The van der Waals surface area contributed by atoms with Crippen molar-refractivity contribution in [2.45, 2.75) is 24.8 Å². The Labute approximate surface area is 206 Å². The van der Waals surface area contributed by atoms with Crippen molar-refractivity contribution >= 4 is 17.7 Å². The van der Waals surface area contributed by atoms with Gasteiger partial charge in [-0.1, -0.05) is 42.5 Å². The highest BCUT2D eigenvalue weighted by atomic mass is 19.1. The molecule has 0 spiro atoms. The zero-order valence-corrected chi connectivity index (χ0v) is 20.5. The number of imide groups is 1. The fourth-order valence-corrected chi connectivity index (χ4v) is 4.95. The number of carbonyl (C=O) groups is 3. The summed E-state index contributed by atoms with van der Waals surface area (Å²) in [7, 11) is 3.73. The number of likely N-dealkylation sites (tertiary alicyclic amines) is 1. The largest absolute Gasteiger partial charge is 0.340 e. The minimum atomic E-state index is -1.37. The number of amides is 3. The van der Waals surface area contributed by atoms with Crippen LogP contribution in [0.1, 0.15) is 24.0 Å². The molecule has 2 aromatic rings. The zero-order valence-electron chi connectivity index (χ0n) is 20.5. The highest BCUT2D eigenvalue weighted by molar-refractivity contribution is 6.10. The Hall–Kier alpha value is -3.10. The molecule has 2 saturated heterocycles. The molecular formula is C27H33FN4O3. The van der Waals surface area contributed by atoms with E-state index in [2.05, 4.69) is 17.0 Å². The molecule has 2 aromatic carbocycles. The van der Waals surface area contributed by atoms with E-state index in [-0.39, 0.29) is 31.2 Å². The van der Waals surface area contributed by atoms with Crippen LogP contribution in [0.3, 0.4) is 0 Å². The molecular weight excluding hydrogens is 447 g/mol. The normalized spacial score (nSPS) is 21.3. The van der Waals surface area contributed by atoms with Crippen LogP contribution < -0.4 is 0 Å². The lowest BCUT2D eigenvalue weighted by Crippen LogP contribution is -2.50. The molecule has 4 rings (SSSR count). The monoisotopic (exact) mass is 480 g/mol. The smallest absolute Gasteiger partial charge is 0.240 e. The summed E-state index contributed by atoms with van der Waals surface area (Å²) in [4.78, 5) is 47.1. The molecule has 2 aliphatic rings. The van der Waals surface area contributed by atoms with E-state index in [0.29, 0.717) is 25.2 Å². The number of hydrogen-bond donors (Lipinski definition) is 0. The lowest BCUT2D eigenvalue weighted by atomic mass is 9.75. The zero-order chi connectivity index (χ0) is 25.0. The molecule has 0 saturated carbocycles. The van der Waals surface area contributed by atoms with Crippen LogP contribution in [-0.4, -0.2) is 90.7 Å². The Morgan fingerprint density at radius 1 is 1.00 bits per heavy atom. The van der Waals surface area contributed by atoms with Gasteiger partial charge in [-0.3, -0.25) is 24.2 Å². The summed E-state index contributed by atoms with van der Waals surface area (Å²) >= 11 is 0. The topological polar surface area (TPSA) is 64.2 Å². The number of halogens is 1. The maximum Gasteiger partial charge on any atom is 0.240 e. The summed E-state index contributed by atoms with van der Waals surface area (Å²) in [6.45, 7) is 4.16. The van der Waals surface area contributed by atoms with Crippen molar-refractivity contribution in [3.05, 3.63) is 71.5 Å². The lowest BCUT2D eigenvalue weighted by Gasteiger charge is -2.36. The molecule has 8 heteroatoms. The molecule has 1 unspecified atom stereocenters. The number of rotatable bonds is 8. The first kappa shape index (κ1) is 25.0. The van der Waals surface area contributed by atoms with Gasteiger partial charge < -0.3 is 9.80 Å². The molecule has 0 N–H and O–H groups in total. The van der Waals surface area contributed by atoms with E-state index in [1.54, 1.807) is 11.0 Å². The van der Waals surface area contributed by atoms with Crippen LogP contribution in [0.15, 0.2) is 54.6 Å². The second-order valence-corrected chi connectivity index (χ2v) is 9.74. The van der Waals surface area contributed by atoms with E-state index in [1.807, 2.05) is 37.2 Å². The van der Waals surface area contributed by atoms with Crippen molar-refractivity contribution in [3.8, 4) is 0 Å². The maximum atomic E-state index is 14.2. The van der Waals surface area contributed by atoms with Crippen molar-refractivity contribution in [2.24, 2.45) is 0 Å². The summed E-state index contributed by atoms with van der Waals surface area (Å²) < 4.78 is 14.2. The van der Waals surface area contributed by atoms with Crippen LogP contribution in [-0.2, 0) is 26.3 Å². The number of likely N-dealkylation sites (N-methyl/N-ethyl adjacent to an activating group) is 1. The Morgan fingerprint density at radius 2 is 1.71 bits per heavy atom. The van der Waals surface area contributed by atoms with Crippen LogP contribution in [0, 0.1) is 5.82 Å². The third-order valence-corrected chi connectivity index (χ3v) is 6.98. The molecule has 3 amide bonds. The van der Waals surface area contributed by atoms with E-state index in [1.165, 1.54) is 28.7 Å². The highest BCUT2D eigenvalue weighted by Crippen LogP contribution is 2.40. The van der Waals surface area contributed by atoms with Crippen molar-refractivity contribution in [2.75, 3.05) is 53.4 Å². The molecule has 0 radical (unpaired) electrons. The van der Waals surface area contributed by atoms with Crippen LogP contribution in [0.4, 0.5) is 4.39 Å². The Balaban J connectivity index is 1.49. The van der Waals surface area contributed by atoms with Gasteiger partial charge in [-0.2, -0.15) is 0 Å². The third kappa shape index (κ3) is 5.60. The summed E-state index contributed by atoms with van der Waals surface area (Å²) in [5.74, 6) is -1.40. The average molecular weight is 481 g/mol. The van der Waals surface area contributed by atoms with Crippen LogP contribution >= 0.6 is 0 Å². The first-order valence-electron chi connectivity index (χ1n) is 12.1. The number of carbonyl (C=O) groups excluding carboxylic acids is 3. The van der Waals surface area contributed by atoms with Gasteiger partial charge in [-0.25, -0.2) is 4.39 Å². The maximum absolute atomic E-state index is 14.2. The van der Waals surface area contributed by atoms with E-state index >= 15 is 0 Å². The van der Waals surface area contributed by atoms with Gasteiger partial charge in [0.15, 0.2) is 0 Å². The van der Waals surface area contributed by atoms with Crippen molar-refractivity contribution in [1.29, 1.82) is 0 Å². The summed E-state index contributed by atoms with van der Waals surface area (Å²) in [5, 5.41) is 0. The van der Waals surface area contributed by atoms with Crippen LogP contribution in [0.25, 0.3) is 0 Å². The lowest BCUT2D eigenvalue weighted by molar-refractivity contribution is -0.143. The van der Waals surface area contributed by atoms with Gasteiger partial charge in [0.05, 0.1) is 5.41 Å². The highest BCUT2D eigenvalue weighted by Gasteiger charge is 2.54. The predicted octanol–water partition coefficient (Wildman–Crippen LogP) is 2.12. The molecule has 2 heterocycles. The van der Waals surface area contributed by atoms with E-state index < -0.39 is 17.1 Å². The summed E-state index contributed by atoms with van der Waals surface area (Å²) in [6, 6.07) is 16.0. The predicted molar refractivity (Wildman–Crippen MR) is 131 cm³/mol. The number of piperazine rings is 1. The molecule has 0 bridgehead atoms. The van der Waals surface area contributed by atoms with Crippen LogP contribution in [0.2, 0.25) is 0 Å². The minimum Gasteiger partial charge on any atom is -0.340 e. The first-order valence-corrected chi connectivity index (χ1v) is 12.1. The molecule has 35 heavy (non-hydrogen) atoms. The van der Waals surface area contributed by atoms with E-state index in [4.69, 9.17) is 0 Å². The molecule has 2 aliphatic heterocycles. The van der Waals surface area contributed by atoms with E-state index in [0.717, 1.165) is 19.6 Å². The van der Waals surface area contributed by atoms with Crippen molar-refractivity contribution < 1.29 is 18.8 Å². The minimum absolute atomic E-state index is 0.123. The Bertz CT molecular complexity index is 1070. The van der Waals surface area contributed by atoms with Crippen LogP contribution in [0.5, 0.6) is 0 Å². The fraction of sp³-hybridized carbons (Fsp3) is 0.444. The first-order chi connectivity index (χ1) is 16.8. The third-order valence-electron chi connectivity index (χ3n) is 6.98. The van der Waals surface area contributed by atoms with Gasteiger partial charge in [-0.05, 0) is 37.4 Å². The van der Waals surface area contributed by atoms with Gasteiger partial charge in [0.25, 0.3) is 0 Å². The van der Waals surface area contributed by atoms with Crippen molar-refractivity contribution in [3.63, 3.8) is 0 Å². The average Bonchev–Trinajstić information content (AvgIpc) is 3.08. The second-order valence-electron chi connectivity index (χ2n) is 9.74. The van der Waals surface area contributed by atoms with Gasteiger partial charge >= 0.3 is 0 Å². The van der Waals surface area contributed by atoms with Gasteiger partial charge in [-0.15, -0.1) is 0 Å². The second kappa shape index (κ2) is 10.7. The number of nitrogens with zero attached hydrogens (tertiary/aromatic N) is 4. The molecule has 186 valence electrons. The summed E-state index contributed by atoms with van der Waals surface area (Å²) in [6.07, 6.45) is -0.263. The van der Waals surface area contributed by atoms with Gasteiger partial charge in [0, 0.05) is 58.7 Å². The summed E-state index contributed by atoms with van der Waals surface area (Å²) in [5.41, 5.74) is 0.244. The standard InChI is InChI=1S/C27H33FN4O3/c1-29(2)11-16-32-25(34)19-27(26(32)35,22-9-6-10-23(28)17-22)18-24(33)31-14-12-30(13-15-31)20-21-7-4-3-5-8-21/h3-10,17H,11-16,18-20H2,1-2H3. The van der Waals surface area contributed by atoms with Crippen molar-refractivity contribution in [1.82, 2.24) is 19.6 Å². The van der Waals surface area contributed by atoms with E-state index in [9.17, 15) is 18.8 Å². The molecule has 2 fully saturated rings. The quantitative estimate of drug-likeness (QED) is 0.542. The Kier molecular flexibility index (Phi) is 7.62. The Morgan fingerprint density at radius 3 is 2.37 bits per heavy atom. The SMILES string of the molecule is CN(C)CCN1C(=O)CC(CC(=O)N2CCN(Cc3ccccc3)CC2)(c2cccc(F)c2)C1=O. The fourth-order valence-electron chi connectivity index (χ4n) is 4.95.